The Hall–Kier alpha value is -3.07. The van der Waals surface area contributed by atoms with Crippen molar-refractivity contribution >= 4 is 5.97 Å². The van der Waals surface area contributed by atoms with E-state index in [1.165, 1.54) is 13.3 Å². The summed E-state index contributed by atoms with van der Waals surface area (Å²) in [6, 6.07) is 7.33. The van der Waals surface area contributed by atoms with Gasteiger partial charge in [0.2, 0.25) is 0 Å². The fourth-order valence-electron chi connectivity index (χ4n) is 5.51. The minimum Gasteiger partial charge on any atom is -0.495 e. The van der Waals surface area contributed by atoms with Crippen LogP contribution in [0.4, 0.5) is 0 Å². The molecule has 0 radical (unpaired) electrons. The van der Waals surface area contributed by atoms with Crippen LogP contribution in [0, 0.1) is 18.3 Å². The lowest BCUT2D eigenvalue weighted by Gasteiger charge is -2.50. The molecule has 0 aliphatic carbocycles. The Labute approximate surface area is 209 Å². The number of nitriles is 1. The number of hydrogen-bond donors (Lipinski definition) is 2. The highest BCUT2D eigenvalue weighted by molar-refractivity contribution is 5.93. The van der Waals surface area contributed by atoms with E-state index in [0.29, 0.717) is 62.0 Å². The highest BCUT2D eigenvalue weighted by Crippen LogP contribution is 2.31. The van der Waals surface area contributed by atoms with Crippen LogP contribution in [0.1, 0.15) is 50.5 Å². The number of esters is 1. The fraction of sp³-hybridized carbons (Fsp3) is 0.500. The number of rotatable bonds is 7. The molecule has 2 bridgehead atoms. The molecule has 0 amide bonds. The van der Waals surface area contributed by atoms with Gasteiger partial charge in [-0.05, 0) is 24.1 Å². The number of benzene rings is 1. The van der Waals surface area contributed by atoms with Crippen LogP contribution < -0.4 is 4.74 Å². The van der Waals surface area contributed by atoms with E-state index >= 15 is 0 Å². The third-order valence-corrected chi connectivity index (χ3v) is 7.45. The van der Waals surface area contributed by atoms with Crippen LogP contribution in [0.3, 0.4) is 0 Å². The maximum absolute atomic E-state index is 11.8. The SMILES string of the molecule is COc1cc(C(O)CN2C3COCC2CN(CC(O)c2ccc4c(c2C)COC4=O)C3)ncc1C#N. The topological polar surface area (TPSA) is 128 Å². The summed E-state index contributed by atoms with van der Waals surface area (Å²) in [5.74, 6) is 0.0802. The molecule has 3 aliphatic rings. The summed E-state index contributed by atoms with van der Waals surface area (Å²) in [5.41, 5.74) is 3.93. The number of aromatic nitrogens is 1. The van der Waals surface area contributed by atoms with Crippen LogP contribution in [0.2, 0.25) is 0 Å². The average molecular weight is 495 g/mol. The van der Waals surface area contributed by atoms with Crippen LogP contribution in [0.25, 0.3) is 0 Å². The molecule has 4 heterocycles. The van der Waals surface area contributed by atoms with Crippen molar-refractivity contribution in [1.29, 1.82) is 5.26 Å². The molecule has 5 rings (SSSR count). The quantitative estimate of drug-likeness (QED) is 0.540. The maximum atomic E-state index is 11.8. The number of fused-ring (bicyclic) bond motifs is 3. The molecule has 1 aromatic carbocycles. The monoisotopic (exact) mass is 494 g/mol. The molecule has 2 saturated heterocycles. The summed E-state index contributed by atoms with van der Waals surface area (Å²) in [7, 11) is 1.49. The minimum absolute atomic E-state index is 0.0618. The molecule has 0 saturated carbocycles. The van der Waals surface area contributed by atoms with Gasteiger partial charge in [-0.3, -0.25) is 14.8 Å². The number of carbonyl (C=O) groups is 1. The minimum atomic E-state index is -0.842. The molecule has 10 heteroatoms. The number of cyclic esters (lactones) is 1. The van der Waals surface area contributed by atoms with Gasteiger partial charge in [0.05, 0.1) is 37.7 Å². The van der Waals surface area contributed by atoms with Crippen molar-refractivity contribution in [1.82, 2.24) is 14.8 Å². The molecule has 36 heavy (non-hydrogen) atoms. The van der Waals surface area contributed by atoms with E-state index in [4.69, 9.17) is 14.2 Å². The molecule has 3 aliphatic heterocycles. The number of piperazine rings is 1. The molecule has 10 nitrogen and oxygen atoms in total. The molecule has 2 aromatic rings. The zero-order chi connectivity index (χ0) is 25.4. The first-order valence-corrected chi connectivity index (χ1v) is 12.0. The Kier molecular flexibility index (Phi) is 6.92. The number of pyridine rings is 1. The predicted molar refractivity (Wildman–Crippen MR) is 127 cm³/mol. The van der Waals surface area contributed by atoms with E-state index < -0.39 is 12.2 Å². The van der Waals surface area contributed by atoms with E-state index in [9.17, 15) is 20.3 Å². The number of morpholine rings is 1. The molecule has 1 aromatic heterocycles. The van der Waals surface area contributed by atoms with Crippen LogP contribution >= 0.6 is 0 Å². The van der Waals surface area contributed by atoms with E-state index in [0.717, 1.165) is 16.7 Å². The number of aliphatic hydroxyl groups is 2. The number of aliphatic hydroxyl groups excluding tert-OH is 2. The highest BCUT2D eigenvalue weighted by Gasteiger charge is 2.40. The third-order valence-electron chi connectivity index (χ3n) is 7.45. The van der Waals surface area contributed by atoms with E-state index in [1.54, 1.807) is 12.1 Å². The number of methoxy groups -OCH3 is 1. The van der Waals surface area contributed by atoms with Crippen molar-refractivity contribution in [3.63, 3.8) is 0 Å². The summed E-state index contributed by atoms with van der Waals surface area (Å²) in [5, 5.41) is 31.2. The van der Waals surface area contributed by atoms with Gasteiger partial charge in [-0.25, -0.2) is 4.79 Å². The first-order chi connectivity index (χ1) is 17.4. The Morgan fingerprint density at radius 2 is 1.97 bits per heavy atom. The zero-order valence-electron chi connectivity index (χ0n) is 20.4. The summed E-state index contributed by atoms with van der Waals surface area (Å²) in [4.78, 5) is 20.6. The van der Waals surface area contributed by atoms with Gasteiger partial charge in [0, 0.05) is 56.1 Å². The van der Waals surface area contributed by atoms with E-state index in [-0.39, 0.29) is 24.7 Å². The molecular formula is C26H30N4O6. The zero-order valence-corrected chi connectivity index (χ0v) is 20.4. The van der Waals surface area contributed by atoms with Gasteiger partial charge in [-0.1, -0.05) is 6.07 Å². The lowest BCUT2D eigenvalue weighted by molar-refractivity contribution is -0.113. The first-order valence-electron chi connectivity index (χ1n) is 12.0. The second-order valence-electron chi connectivity index (χ2n) is 9.60. The maximum Gasteiger partial charge on any atom is 0.338 e. The van der Waals surface area contributed by atoms with Gasteiger partial charge in [0.1, 0.15) is 30.1 Å². The Balaban J connectivity index is 1.25. The third kappa shape index (κ3) is 4.56. The van der Waals surface area contributed by atoms with E-state index in [2.05, 4.69) is 14.8 Å². The number of ether oxygens (including phenoxy) is 3. The van der Waals surface area contributed by atoms with Crippen molar-refractivity contribution < 1.29 is 29.2 Å². The molecular weight excluding hydrogens is 464 g/mol. The number of hydrogen-bond acceptors (Lipinski definition) is 10. The summed E-state index contributed by atoms with van der Waals surface area (Å²) >= 11 is 0. The lowest BCUT2D eigenvalue weighted by Crippen LogP contribution is -2.65. The lowest BCUT2D eigenvalue weighted by atomic mass is 9.94. The van der Waals surface area contributed by atoms with Crippen molar-refractivity contribution in [3.8, 4) is 11.8 Å². The molecule has 190 valence electrons. The Bertz CT molecular complexity index is 1180. The number of carbonyl (C=O) groups excluding carboxylic acids is 1. The van der Waals surface area contributed by atoms with Gasteiger partial charge in [0.25, 0.3) is 0 Å². The molecule has 2 fully saturated rings. The van der Waals surface area contributed by atoms with Gasteiger partial charge in [0.15, 0.2) is 0 Å². The molecule has 4 unspecified atom stereocenters. The van der Waals surface area contributed by atoms with Crippen molar-refractivity contribution in [3.05, 3.63) is 57.9 Å². The van der Waals surface area contributed by atoms with Crippen molar-refractivity contribution in [2.24, 2.45) is 0 Å². The van der Waals surface area contributed by atoms with Gasteiger partial charge < -0.3 is 24.4 Å². The molecule has 4 atom stereocenters. The molecule has 2 N–H and O–H groups in total. The smallest absolute Gasteiger partial charge is 0.338 e. The first kappa shape index (κ1) is 24.6. The highest BCUT2D eigenvalue weighted by atomic mass is 16.5. The predicted octanol–water partition coefficient (Wildman–Crippen LogP) is 1.09. The van der Waals surface area contributed by atoms with E-state index in [1.807, 2.05) is 19.1 Å². The Morgan fingerprint density at radius 3 is 2.67 bits per heavy atom. The fourth-order valence-corrected chi connectivity index (χ4v) is 5.51. The van der Waals surface area contributed by atoms with Crippen LogP contribution in [0.5, 0.6) is 5.75 Å². The normalized spacial score (nSPS) is 23.5. The summed E-state index contributed by atoms with van der Waals surface area (Å²) in [6.45, 7) is 5.48. The average Bonchev–Trinajstić information content (AvgIpc) is 3.25. The largest absolute Gasteiger partial charge is 0.495 e. The van der Waals surface area contributed by atoms with Crippen LogP contribution in [-0.2, 0) is 16.1 Å². The number of nitrogens with zero attached hydrogens (tertiary/aromatic N) is 4. The summed E-state index contributed by atoms with van der Waals surface area (Å²) in [6.07, 6.45) is -0.116. The van der Waals surface area contributed by atoms with Crippen molar-refractivity contribution in [2.75, 3.05) is 46.5 Å². The second kappa shape index (κ2) is 10.1. The second-order valence-corrected chi connectivity index (χ2v) is 9.60. The standard InChI is InChI=1S/C26H30N4O6/c1-15-19(3-4-20-21(15)14-36-26(20)33)23(31)10-29-8-17-12-35-13-18(9-29)30(17)11-24(32)22-5-25(34-2)16(6-27)7-28-22/h3-5,7,17-18,23-24,31-32H,8-14H2,1-2H3. The number of β-amino-alcohol motifs (C(OH)–C–C–N with tert-alkyl or cyclic N) is 1. The van der Waals surface area contributed by atoms with Crippen LogP contribution in [-0.4, -0.2) is 89.6 Å². The molecule has 0 spiro atoms. The van der Waals surface area contributed by atoms with Crippen LogP contribution in [0.15, 0.2) is 24.4 Å². The Morgan fingerprint density at radius 1 is 1.22 bits per heavy atom. The summed E-state index contributed by atoms with van der Waals surface area (Å²) < 4.78 is 16.2. The van der Waals surface area contributed by atoms with Gasteiger partial charge in [-0.15, -0.1) is 0 Å². The van der Waals surface area contributed by atoms with Gasteiger partial charge in [-0.2, -0.15) is 5.26 Å². The van der Waals surface area contributed by atoms with Crippen molar-refractivity contribution in [2.45, 2.75) is 37.8 Å². The van der Waals surface area contributed by atoms with Gasteiger partial charge >= 0.3 is 5.97 Å².